The summed E-state index contributed by atoms with van der Waals surface area (Å²) >= 11 is 1.65. The number of amides is 1. The van der Waals surface area contributed by atoms with Crippen LogP contribution in [-0.4, -0.2) is 87.0 Å². The van der Waals surface area contributed by atoms with E-state index in [0.717, 1.165) is 52.2 Å². The Morgan fingerprint density at radius 1 is 1.33 bits per heavy atom. The van der Waals surface area contributed by atoms with Crippen LogP contribution in [0.2, 0.25) is 0 Å². The zero-order chi connectivity index (χ0) is 25.4. The van der Waals surface area contributed by atoms with Crippen molar-refractivity contribution in [2.24, 2.45) is 0 Å². The summed E-state index contributed by atoms with van der Waals surface area (Å²) in [6, 6.07) is 2.23. The summed E-state index contributed by atoms with van der Waals surface area (Å²) in [6.45, 7) is 9.45. The maximum absolute atomic E-state index is 11.8. The highest BCUT2D eigenvalue weighted by Gasteiger charge is 2.28. The number of H-pyrrole nitrogens is 1. The van der Waals surface area contributed by atoms with Crippen LogP contribution in [0, 0.1) is 0 Å². The number of pyridine rings is 1. The third-order valence-corrected chi connectivity index (χ3v) is 7.61. The largest absolute Gasteiger partial charge is 0.493 e. The average Bonchev–Trinajstić information content (AvgIpc) is 3.62. The summed E-state index contributed by atoms with van der Waals surface area (Å²) in [5.41, 5.74) is 4.47. The van der Waals surface area contributed by atoms with E-state index in [1.54, 1.807) is 30.0 Å². The van der Waals surface area contributed by atoms with E-state index >= 15 is 0 Å². The molecule has 0 bridgehead atoms. The number of nitrogens with one attached hydrogen (secondary N) is 2. The van der Waals surface area contributed by atoms with Crippen molar-refractivity contribution in [3.63, 3.8) is 0 Å². The van der Waals surface area contributed by atoms with Crippen molar-refractivity contribution in [2.45, 2.75) is 32.7 Å². The van der Waals surface area contributed by atoms with Gasteiger partial charge in [-0.1, -0.05) is 25.2 Å². The molecular formula is C24H31N9O2S. The van der Waals surface area contributed by atoms with Crippen LogP contribution in [0.15, 0.2) is 24.8 Å². The average molecular weight is 510 g/mol. The van der Waals surface area contributed by atoms with E-state index < -0.39 is 0 Å². The number of thiazole rings is 1. The van der Waals surface area contributed by atoms with Gasteiger partial charge in [0.05, 0.1) is 25.5 Å². The normalized spacial score (nSPS) is 16.7. The molecule has 0 aliphatic carbocycles. The lowest BCUT2D eigenvalue weighted by molar-refractivity contribution is -0.121. The molecule has 36 heavy (non-hydrogen) atoms. The number of hydrogen-bond donors (Lipinski definition) is 2. The second-order valence-corrected chi connectivity index (χ2v) is 10.3. The second-order valence-electron chi connectivity index (χ2n) is 9.30. The SMILES string of the molecule is CNC(=O)CN1CCN(c2cnc(-c3n[nH]c(-c4cc(OC)c5ncnn5c4)c3C(C)C)s2)[C@H](C)C1. The molecular weight excluding hydrogens is 478 g/mol. The molecule has 1 atom stereocenters. The van der Waals surface area contributed by atoms with Crippen LogP contribution >= 0.6 is 11.3 Å². The highest BCUT2D eigenvalue weighted by atomic mass is 32.1. The van der Waals surface area contributed by atoms with Crippen molar-refractivity contribution in [3.05, 3.63) is 30.4 Å². The summed E-state index contributed by atoms with van der Waals surface area (Å²) < 4.78 is 7.27. The van der Waals surface area contributed by atoms with Gasteiger partial charge in [0.1, 0.15) is 22.0 Å². The minimum Gasteiger partial charge on any atom is -0.493 e. The topological polar surface area (TPSA) is 117 Å². The number of carbonyl (C=O) groups is 1. The predicted molar refractivity (Wildman–Crippen MR) is 140 cm³/mol. The van der Waals surface area contributed by atoms with Crippen LogP contribution in [0.25, 0.3) is 27.6 Å². The standard InChI is InChI=1S/C24H31N9O2S/c1-14(2)20-21(16-8-17(35-5)23-27-13-28-33(23)11-16)29-30-22(20)24-26-9-19(36-24)32-7-6-31(10-15(32)3)12-18(34)25-4/h8-9,11,13-15H,6-7,10,12H2,1-5H3,(H,25,34)(H,29,30)/t15-/m1/s1. The van der Waals surface area contributed by atoms with Crippen molar-refractivity contribution < 1.29 is 9.53 Å². The van der Waals surface area contributed by atoms with Gasteiger partial charge in [-0.15, -0.1) is 0 Å². The number of fused-ring (bicyclic) bond motifs is 1. The van der Waals surface area contributed by atoms with Gasteiger partial charge in [0.25, 0.3) is 0 Å². The van der Waals surface area contributed by atoms with Crippen molar-refractivity contribution >= 4 is 27.9 Å². The van der Waals surface area contributed by atoms with Gasteiger partial charge < -0.3 is 15.0 Å². The summed E-state index contributed by atoms with van der Waals surface area (Å²) in [6.07, 6.45) is 5.38. The molecule has 12 heteroatoms. The highest BCUT2D eigenvalue weighted by Crippen LogP contribution is 2.40. The minimum absolute atomic E-state index is 0.0480. The first kappa shape index (κ1) is 24.2. The number of likely N-dealkylation sites (N-methyl/N-ethyl adjacent to an activating group) is 1. The molecule has 0 spiro atoms. The van der Waals surface area contributed by atoms with Gasteiger partial charge in [-0.3, -0.25) is 14.8 Å². The summed E-state index contributed by atoms with van der Waals surface area (Å²) in [5.74, 6) is 0.912. The van der Waals surface area contributed by atoms with Crippen LogP contribution in [-0.2, 0) is 4.79 Å². The summed E-state index contributed by atoms with van der Waals surface area (Å²) in [4.78, 5) is 25.4. The molecule has 0 aromatic carbocycles. The Kier molecular flexibility index (Phi) is 6.63. The molecule has 4 aromatic heterocycles. The van der Waals surface area contributed by atoms with Gasteiger partial charge in [-0.2, -0.15) is 10.2 Å². The molecule has 4 aromatic rings. The molecule has 5 heterocycles. The number of hydrogen-bond acceptors (Lipinski definition) is 9. The maximum atomic E-state index is 11.8. The van der Waals surface area contributed by atoms with E-state index in [2.05, 4.69) is 51.1 Å². The van der Waals surface area contributed by atoms with E-state index in [1.165, 1.54) is 6.33 Å². The third kappa shape index (κ3) is 4.42. The Morgan fingerprint density at radius 3 is 2.89 bits per heavy atom. The number of methoxy groups -OCH3 is 1. The van der Waals surface area contributed by atoms with Crippen LogP contribution < -0.4 is 15.0 Å². The molecule has 190 valence electrons. The van der Waals surface area contributed by atoms with Gasteiger partial charge >= 0.3 is 0 Å². The lowest BCUT2D eigenvalue weighted by Gasteiger charge is -2.39. The molecule has 1 aliphatic rings. The van der Waals surface area contributed by atoms with Gasteiger partial charge in [-0.25, -0.2) is 14.5 Å². The van der Waals surface area contributed by atoms with Gasteiger partial charge in [0.2, 0.25) is 5.91 Å². The van der Waals surface area contributed by atoms with Crippen LogP contribution in [0.3, 0.4) is 0 Å². The van der Waals surface area contributed by atoms with Crippen LogP contribution in [0.4, 0.5) is 5.00 Å². The van der Waals surface area contributed by atoms with Crippen molar-refractivity contribution in [3.8, 4) is 27.7 Å². The number of carbonyl (C=O) groups excluding carboxylic acids is 1. The number of aromatic nitrogens is 6. The fourth-order valence-electron chi connectivity index (χ4n) is 4.77. The number of piperazine rings is 1. The van der Waals surface area contributed by atoms with Gasteiger partial charge in [-0.05, 0) is 18.9 Å². The maximum Gasteiger partial charge on any atom is 0.233 e. The summed E-state index contributed by atoms with van der Waals surface area (Å²) in [5, 5.41) is 16.9. The Bertz CT molecular complexity index is 1380. The fraction of sp³-hybridized carbons (Fsp3) is 0.458. The molecule has 0 radical (unpaired) electrons. The first-order valence-electron chi connectivity index (χ1n) is 12.0. The van der Waals surface area contributed by atoms with Crippen molar-refractivity contribution in [1.82, 2.24) is 40.0 Å². The first-order chi connectivity index (χ1) is 17.4. The zero-order valence-corrected chi connectivity index (χ0v) is 22.0. The molecule has 0 unspecified atom stereocenters. The molecule has 5 rings (SSSR count). The fourth-order valence-corrected chi connectivity index (χ4v) is 5.82. The Labute approximate surface area is 213 Å². The number of aromatic amines is 1. The van der Waals surface area contributed by atoms with E-state index in [1.807, 2.05) is 18.5 Å². The molecule has 11 nitrogen and oxygen atoms in total. The zero-order valence-electron chi connectivity index (χ0n) is 21.1. The Balaban J connectivity index is 1.43. The Hall–Kier alpha value is -3.51. The molecule has 1 saturated heterocycles. The smallest absolute Gasteiger partial charge is 0.233 e. The highest BCUT2D eigenvalue weighted by molar-refractivity contribution is 7.18. The van der Waals surface area contributed by atoms with Crippen LogP contribution in [0.1, 0.15) is 32.3 Å². The number of ether oxygens (including phenoxy) is 1. The number of anilines is 1. The van der Waals surface area contributed by atoms with Crippen LogP contribution in [0.5, 0.6) is 5.75 Å². The monoisotopic (exact) mass is 509 g/mol. The molecule has 2 N–H and O–H groups in total. The van der Waals surface area contributed by atoms with E-state index in [0.29, 0.717) is 17.9 Å². The van der Waals surface area contributed by atoms with Crippen molar-refractivity contribution in [1.29, 1.82) is 0 Å². The third-order valence-electron chi connectivity index (χ3n) is 6.57. The molecule has 1 aliphatic heterocycles. The lowest BCUT2D eigenvalue weighted by atomic mass is 9.97. The van der Waals surface area contributed by atoms with Crippen molar-refractivity contribution in [2.75, 3.05) is 45.2 Å². The van der Waals surface area contributed by atoms with E-state index in [4.69, 9.17) is 14.8 Å². The molecule has 1 fully saturated rings. The Morgan fingerprint density at radius 2 is 2.17 bits per heavy atom. The quantitative estimate of drug-likeness (QED) is 0.391. The predicted octanol–water partition coefficient (Wildman–Crippen LogP) is 2.63. The molecule has 1 amide bonds. The van der Waals surface area contributed by atoms with Gasteiger partial charge in [0.15, 0.2) is 11.4 Å². The number of rotatable bonds is 7. The van der Waals surface area contributed by atoms with Gasteiger partial charge in [0, 0.05) is 50.0 Å². The minimum atomic E-state index is 0.0480. The van der Waals surface area contributed by atoms with E-state index in [9.17, 15) is 4.79 Å². The lowest BCUT2D eigenvalue weighted by Crippen LogP contribution is -2.53. The first-order valence-corrected chi connectivity index (χ1v) is 12.8. The number of nitrogens with zero attached hydrogens (tertiary/aromatic N) is 7. The second kappa shape index (κ2) is 9.86. The summed E-state index contributed by atoms with van der Waals surface area (Å²) in [7, 11) is 3.31. The molecule has 0 saturated carbocycles. The van der Waals surface area contributed by atoms with E-state index in [-0.39, 0.29) is 17.9 Å².